The van der Waals surface area contributed by atoms with E-state index in [1.165, 1.54) is 5.39 Å². The summed E-state index contributed by atoms with van der Waals surface area (Å²) >= 11 is 0. The molecule has 0 saturated carbocycles. The predicted octanol–water partition coefficient (Wildman–Crippen LogP) is 4.66. The predicted molar refractivity (Wildman–Crippen MR) is 124 cm³/mol. The Bertz CT molecular complexity index is 1260. The van der Waals surface area contributed by atoms with Gasteiger partial charge in [-0.05, 0) is 50.0 Å². The van der Waals surface area contributed by atoms with Gasteiger partial charge >= 0.3 is 7.12 Å². The van der Waals surface area contributed by atoms with Crippen LogP contribution in [0.15, 0.2) is 73.1 Å². The second kappa shape index (κ2) is 7.25. The lowest BCUT2D eigenvalue weighted by Crippen LogP contribution is -2.41. The first kappa shape index (κ1) is 19.9. The van der Waals surface area contributed by atoms with Gasteiger partial charge in [-0.25, -0.2) is 15.0 Å². The van der Waals surface area contributed by atoms with Crippen molar-refractivity contribution in [3.8, 4) is 22.8 Å². The lowest BCUT2D eigenvalue weighted by Gasteiger charge is -2.32. The number of hydrogen-bond acceptors (Lipinski definition) is 5. The Morgan fingerprint density at radius 1 is 0.677 bits per heavy atom. The highest BCUT2D eigenvalue weighted by atomic mass is 16.7. The van der Waals surface area contributed by atoms with Crippen LogP contribution in [0.1, 0.15) is 27.7 Å². The maximum atomic E-state index is 6.20. The highest BCUT2D eigenvalue weighted by molar-refractivity contribution is 6.62. The zero-order valence-electron chi connectivity index (χ0n) is 18.2. The number of benzene rings is 3. The van der Waals surface area contributed by atoms with Crippen molar-refractivity contribution in [2.24, 2.45) is 0 Å². The summed E-state index contributed by atoms with van der Waals surface area (Å²) in [7, 11) is -0.424. The van der Waals surface area contributed by atoms with Crippen LogP contribution in [0.4, 0.5) is 0 Å². The van der Waals surface area contributed by atoms with Crippen molar-refractivity contribution in [3.05, 3.63) is 73.1 Å². The lowest BCUT2D eigenvalue weighted by atomic mass is 9.78. The van der Waals surface area contributed by atoms with Gasteiger partial charge in [-0.15, -0.1) is 0 Å². The molecule has 5 rings (SSSR count). The first-order valence-corrected chi connectivity index (χ1v) is 10.5. The molecule has 1 aliphatic rings. The first-order chi connectivity index (χ1) is 14.8. The van der Waals surface area contributed by atoms with Crippen molar-refractivity contribution >= 4 is 23.4 Å². The van der Waals surface area contributed by atoms with Crippen molar-refractivity contribution in [3.63, 3.8) is 0 Å². The second-order valence-corrected chi connectivity index (χ2v) is 8.91. The molecule has 0 amide bonds. The molecule has 0 atom stereocenters. The van der Waals surface area contributed by atoms with E-state index in [1.54, 1.807) is 6.33 Å². The largest absolute Gasteiger partial charge is 0.494 e. The maximum Gasteiger partial charge on any atom is 0.494 e. The molecule has 0 unspecified atom stereocenters. The molecule has 3 aromatic carbocycles. The Balaban J connectivity index is 1.48. The topological polar surface area (TPSA) is 57.1 Å². The fourth-order valence-electron chi connectivity index (χ4n) is 3.71. The summed E-state index contributed by atoms with van der Waals surface area (Å²) in [6.45, 7) is 8.22. The van der Waals surface area contributed by atoms with Gasteiger partial charge in [0.15, 0.2) is 11.6 Å². The third-order valence-corrected chi connectivity index (χ3v) is 6.25. The smallest absolute Gasteiger partial charge is 0.399 e. The molecule has 0 aliphatic carbocycles. The normalized spacial score (nSPS) is 17.2. The van der Waals surface area contributed by atoms with E-state index in [-0.39, 0.29) is 11.2 Å². The Morgan fingerprint density at radius 2 is 1.32 bits per heavy atom. The fourth-order valence-corrected chi connectivity index (χ4v) is 3.71. The molecular weight excluding hydrogens is 385 g/mol. The second-order valence-electron chi connectivity index (χ2n) is 8.91. The number of aromatic nitrogens is 3. The van der Waals surface area contributed by atoms with Gasteiger partial charge in [0.05, 0.1) is 11.2 Å². The van der Waals surface area contributed by atoms with E-state index in [2.05, 4.69) is 61.9 Å². The maximum absolute atomic E-state index is 6.20. The van der Waals surface area contributed by atoms with E-state index in [0.29, 0.717) is 11.6 Å². The summed E-state index contributed by atoms with van der Waals surface area (Å²) in [6.07, 6.45) is 1.56. The molecule has 154 valence electrons. The summed E-state index contributed by atoms with van der Waals surface area (Å²) in [4.78, 5) is 13.6. The van der Waals surface area contributed by atoms with Crippen LogP contribution in [-0.2, 0) is 9.31 Å². The molecule has 0 bridgehead atoms. The molecule has 1 fully saturated rings. The minimum Gasteiger partial charge on any atom is -0.399 e. The molecule has 0 radical (unpaired) electrons. The summed E-state index contributed by atoms with van der Waals surface area (Å²) in [5, 5.41) is 2.35. The number of hydrogen-bond donors (Lipinski definition) is 0. The van der Waals surface area contributed by atoms with Gasteiger partial charge < -0.3 is 9.31 Å². The minimum atomic E-state index is -0.424. The Morgan fingerprint density at radius 3 is 2.03 bits per heavy atom. The van der Waals surface area contributed by atoms with Crippen LogP contribution in [0.2, 0.25) is 0 Å². The van der Waals surface area contributed by atoms with Crippen LogP contribution >= 0.6 is 0 Å². The zero-order valence-corrected chi connectivity index (χ0v) is 18.2. The number of rotatable bonds is 3. The van der Waals surface area contributed by atoms with E-state index in [0.717, 1.165) is 22.0 Å². The SMILES string of the molecule is CC1(C)OB(c2cccc(-c3ncnc(-c4ccc5ccccc5c4)n3)c2)OC1(C)C. The molecule has 1 aliphatic heterocycles. The van der Waals surface area contributed by atoms with E-state index in [1.807, 2.05) is 42.5 Å². The molecule has 2 heterocycles. The molecular formula is C25H24BN3O2. The van der Waals surface area contributed by atoms with Crippen LogP contribution < -0.4 is 5.46 Å². The quantitative estimate of drug-likeness (QED) is 0.461. The minimum absolute atomic E-state index is 0.385. The van der Waals surface area contributed by atoms with Crippen LogP contribution in [0.3, 0.4) is 0 Å². The van der Waals surface area contributed by atoms with E-state index in [4.69, 9.17) is 14.3 Å². The fraction of sp³-hybridized carbons (Fsp3) is 0.240. The average molecular weight is 409 g/mol. The van der Waals surface area contributed by atoms with Gasteiger partial charge in [0.25, 0.3) is 0 Å². The average Bonchev–Trinajstić information content (AvgIpc) is 3.00. The van der Waals surface area contributed by atoms with Gasteiger partial charge in [0.1, 0.15) is 6.33 Å². The van der Waals surface area contributed by atoms with Gasteiger partial charge in [-0.3, -0.25) is 0 Å². The highest BCUT2D eigenvalue weighted by Crippen LogP contribution is 2.36. The molecule has 6 heteroatoms. The molecule has 4 aromatic rings. The molecule has 31 heavy (non-hydrogen) atoms. The monoisotopic (exact) mass is 409 g/mol. The van der Waals surface area contributed by atoms with Gasteiger partial charge in [0, 0.05) is 11.1 Å². The summed E-state index contributed by atoms with van der Waals surface area (Å²) in [5.41, 5.74) is 2.04. The van der Waals surface area contributed by atoms with Gasteiger partial charge in [-0.1, -0.05) is 60.7 Å². The number of nitrogens with zero attached hydrogens (tertiary/aromatic N) is 3. The van der Waals surface area contributed by atoms with Crippen molar-refractivity contribution in [2.45, 2.75) is 38.9 Å². The lowest BCUT2D eigenvalue weighted by molar-refractivity contribution is 0.00578. The highest BCUT2D eigenvalue weighted by Gasteiger charge is 2.51. The third-order valence-electron chi connectivity index (χ3n) is 6.25. The van der Waals surface area contributed by atoms with Crippen molar-refractivity contribution < 1.29 is 9.31 Å². The van der Waals surface area contributed by atoms with Crippen LogP contribution in [0.5, 0.6) is 0 Å². The van der Waals surface area contributed by atoms with Crippen molar-refractivity contribution in [1.29, 1.82) is 0 Å². The van der Waals surface area contributed by atoms with Crippen LogP contribution in [0, 0.1) is 0 Å². The van der Waals surface area contributed by atoms with Crippen molar-refractivity contribution in [2.75, 3.05) is 0 Å². The standard InChI is InChI=1S/C25H24BN3O2/c1-24(2)25(3,4)31-26(30-24)21-11-7-10-19(15-21)22-27-16-28-23(29-22)20-13-12-17-8-5-6-9-18(17)14-20/h5-16H,1-4H3. The van der Waals surface area contributed by atoms with Crippen LogP contribution in [0.25, 0.3) is 33.5 Å². The third kappa shape index (κ3) is 3.62. The zero-order chi connectivity index (χ0) is 21.6. The summed E-state index contributed by atoms with van der Waals surface area (Å²) < 4.78 is 12.4. The first-order valence-electron chi connectivity index (χ1n) is 10.5. The van der Waals surface area contributed by atoms with E-state index in [9.17, 15) is 0 Å². The van der Waals surface area contributed by atoms with E-state index < -0.39 is 7.12 Å². The number of fused-ring (bicyclic) bond motifs is 1. The van der Waals surface area contributed by atoms with Crippen molar-refractivity contribution in [1.82, 2.24) is 15.0 Å². The Hall–Kier alpha value is -3.09. The molecule has 1 saturated heterocycles. The Labute approximate surface area is 182 Å². The summed E-state index contributed by atoms with van der Waals surface area (Å²) in [5.74, 6) is 1.27. The van der Waals surface area contributed by atoms with Gasteiger partial charge in [0.2, 0.25) is 0 Å². The molecule has 5 nitrogen and oxygen atoms in total. The summed E-state index contributed by atoms with van der Waals surface area (Å²) in [6, 6.07) is 22.5. The molecule has 0 spiro atoms. The molecule has 1 aromatic heterocycles. The Kier molecular flexibility index (Phi) is 4.65. The van der Waals surface area contributed by atoms with Crippen LogP contribution in [-0.4, -0.2) is 33.3 Å². The van der Waals surface area contributed by atoms with Gasteiger partial charge in [-0.2, -0.15) is 0 Å². The molecule has 0 N–H and O–H groups in total. The van der Waals surface area contributed by atoms with E-state index >= 15 is 0 Å².